The molecule has 112 valence electrons. The first-order valence-corrected chi connectivity index (χ1v) is 6.90. The van der Waals surface area contributed by atoms with Crippen molar-refractivity contribution in [2.45, 2.75) is 6.54 Å². The lowest BCUT2D eigenvalue weighted by Crippen LogP contribution is -2.54. The number of pyridine rings is 1. The number of aromatic nitrogens is 1. The maximum atomic E-state index is 12.9. The second kappa shape index (κ2) is 5.93. The number of halogens is 1. The van der Waals surface area contributed by atoms with Crippen LogP contribution in [0.25, 0.3) is 0 Å². The molecular weight excluding hydrogens is 285 g/mol. The molecule has 1 fully saturated rings. The molecule has 0 N–H and O–H groups in total. The van der Waals surface area contributed by atoms with Gasteiger partial charge < -0.3 is 9.80 Å². The van der Waals surface area contributed by atoms with Crippen molar-refractivity contribution in [2.75, 3.05) is 18.0 Å². The van der Waals surface area contributed by atoms with Gasteiger partial charge in [-0.25, -0.2) is 4.39 Å². The molecule has 0 saturated carbocycles. The number of piperazine rings is 1. The molecule has 1 aromatic heterocycles. The first kappa shape index (κ1) is 14.2. The summed E-state index contributed by atoms with van der Waals surface area (Å²) in [6.07, 6.45) is 3.30. The highest BCUT2D eigenvalue weighted by atomic mass is 19.1. The molecule has 0 aliphatic carbocycles. The monoisotopic (exact) mass is 299 g/mol. The molecule has 1 aromatic carbocycles. The van der Waals surface area contributed by atoms with E-state index in [1.54, 1.807) is 12.4 Å². The molecular formula is C16H14FN3O2. The maximum absolute atomic E-state index is 12.9. The van der Waals surface area contributed by atoms with Gasteiger partial charge in [-0.2, -0.15) is 0 Å². The Balaban J connectivity index is 1.73. The average molecular weight is 299 g/mol. The first-order chi connectivity index (χ1) is 10.6. The Labute approximate surface area is 127 Å². The summed E-state index contributed by atoms with van der Waals surface area (Å²) in [5, 5.41) is 0. The Morgan fingerprint density at radius 1 is 0.955 bits per heavy atom. The van der Waals surface area contributed by atoms with Gasteiger partial charge in [0.2, 0.25) is 0 Å². The number of carbonyl (C=O) groups is 2. The first-order valence-electron chi connectivity index (χ1n) is 6.90. The fourth-order valence-corrected chi connectivity index (χ4v) is 2.40. The Bertz CT molecular complexity index is 688. The topological polar surface area (TPSA) is 53.5 Å². The number of anilines is 1. The number of hydrogen-bond acceptors (Lipinski definition) is 3. The molecule has 6 heteroatoms. The van der Waals surface area contributed by atoms with Crippen LogP contribution in [0.3, 0.4) is 0 Å². The smallest absolute Gasteiger partial charge is 0.316 e. The SMILES string of the molecule is O=C1C(=O)N(c2ccc(F)cc2)CCN1Cc1ccncc1. The van der Waals surface area contributed by atoms with Crippen molar-refractivity contribution in [3.63, 3.8) is 0 Å². The Morgan fingerprint density at radius 3 is 2.32 bits per heavy atom. The van der Waals surface area contributed by atoms with E-state index < -0.39 is 11.8 Å². The van der Waals surface area contributed by atoms with Gasteiger partial charge in [0.15, 0.2) is 0 Å². The molecule has 2 aromatic rings. The number of amides is 2. The molecule has 0 unspecified atom stereocenters. The van der Waals surface area contributed by atoms with E-state index in [4.69, 9.17) is 0 Å². The summed E-state index contributed by atoms with van der Waals surface area (Å²) in [5.74, 6) is -1.52. The highest BCUT2D eigenvalue weighted by molar-refractivity contribution is 6.40. The summed E-state index contributed by atoms with van der Waals surface area (Å²) in [7, 11) is 0. The molecule has 1 aliphatic rings. The van der Waals surface area contributed by atoms with E-state index >= 15 is 0 Å². The number of nitrogens with zero attached hydrogens (tertiary/aromatic N) is 3. The Kier molecular flexibility index (Phi) is 3.82. The summed E-state index contributed by atoms with van der Waals surface area (Å²) in [4.78, 5) is 31.3. The number of hydrogen-bond donors (Lipinski definition) is 0. The van der Waals surface area contributed by atoms with Gasteiger partial charge in [0.1, 0.15) is 5.82 Å². The average Bonchev–Trinajstić information content (AvgIpc) is 2.54. The minimum Gasteiger partial charge on any atom is -0.328 e. The Morgan fingerprint density at radius 2 is 1.64 bits per heavy atom. The molecule has 22 heavy (non-hydrogen) atoms. The molecule has 0 atom stereocenters. The van der Waals surface area contributed by atoms with Gasteiger partial charge in [0.05, 0.1) is 0 Å². The minimum atomic E-state index is -0.591. The zero-order chi connectivity index (χ0) is 15.5. The molecule has 1 aliphatic heterocycles. The van der Waals surface area contributed by atoms with E-state index in [9.17, 15) is 14.0 Å². The Hall–Kier alpha value is -2.76. The van der Waals surface area contributed by atoms with Crippen molar-refractivity contribution >= 4 is 17.5 Å². The lowest BCUT2D eigenvalue weighted by molar-refractivity contribution is -0.146. The zero-order valence-electron chi connectivity index (χ0n) is 11.8. The molecule has 0 spiro atoms. The van der Waals surface area contributed by atoms with Gasteiger partial charge in [-0.15, -0.1) is 0 Å². The van der Waals surface area contributed by atoms with E-state index in [0.29, 0.717) is 25.3 Å². The number of carbonyl (C=O) groups excluding carboxylic acids is 2. The van der Waals surface area contributed by atoms with Crippen LogP contribution in [-0.2, 0) is 16.1 Å². The van der Waals surface area contributed by atoms with Crippen LogP contribution in [0.4, 0.5) is 10.1 Å². The minimum absolute atomic E-state index is 0.376. The van der Waals surface area contributed by atoms with E-state index in [1.165, 1.54) is 34.1 Å². The lowest BCUT2D eigenvalue weighted by atomic mass is 10.2. The van der Waals surface area contributed by atoms with Crippen LogP contribution in [-0.4, -0.2) is 34.8 Å². The van der Waals surface area contributed by atoms with E-state index in [2.05, 4.69) is 4.98 Å². The van der Waals surface area contributed by atoms with Crippen molar-refractivity contribution in [3.8, 4) is 0 Å². The number of rotatable bonds is 3. The van der Waals surface area contributed by atoms with E-state index in [-0.39, 0.29) is 5.82 Å². The van der Waals surface area contributed by atoms with Crippen LogP contribution in [0.2, 0.25) is 0 Å². The van der Waals surface area contributed by atoms with Gasteiger partial charge in [0.25, 0.3) is 0 Å². The van der Waals surface area contributed by atoms with Gasteiger partial charge in [-0.05, 0) is 42.0 Å². The van der Waals surface area contributed by atoms with Crippen LogP contribution < -0.4 is 4.90 Å². The second-order valence-corrected chi connectivity index (χ2v) is 5.02. The zero-order valence-corrected chi connectivity index (χ0v) is 11.8. The molecule has 5 nitrogen and oxygen atoms in total. The van der Waals surface area contributed by atoms with Crippen LogP contribution in [0.5, 0.6) is 0 Å². The third kappa shape index (κ3) is 2.81. The summed E-state index contributed by atoms with van der Waals surface area (Å²) < 4.78 is 12.9. The van der Waals surface area contributed by atoms with Gasteiger partial charge in [-0.1, -0.05) is 0 Å². The standard InChI is InChI=1S/C16H14FN3O2/c17-13-1-3-14(4-2-13)20-10-9-19(15(21)16(20)22)11-12-5-7-18-8-6-12/h1-8H,9-11H2. The van der Waals surface area contributed by atoms with Crippen molar-refractivity contribution in [2.24, 2.45) is 0 Å². The van der Waals surface area contributed by atoms with E-state index in [0.717, 1.165) is 5.56 Å². The lowest BCUT2D eigenvalue weighted by Gasteiger charge is -2.33. The third-order valence-corrected chi connectivity index (χ3v) is 3.57. The highest BCUT2D eigenvalue weighted by Crippen LogP contribution is 2.19. The highest BCUT2D eigenvalue weighted by Gasteiger charge is 2.33. The molecule has 0 bridgehead atoms. The predicted molar refractivity (Wildman–Crippen MR) is 78.4 cm³/mol. The summed E-state index contributed by atoms with van der Waals surface area (Å²) in [6.45, 7) is 1.20. The predicted octanol–water partition coefficient (Wildman–Crippen LogP) is 1.60. The number of benzene rings is 1. The van der Waals surface area contributed by atoms with Crippen LogP contribution in [0, 0.1) is 5.82 Å². The van der Waals surface area contributed by atoms with Gasteiger partial charge in [0, 0.05) is 37.7 Å². The van der Waals surface area contributed by atoms with Crippen LogP contribution in [0.1, 0.15) is 5.56 Å². The van der Waals surface area contributed by atoms with Gasteiger partial charge in [-0.3, -0.25) is 14.6 Å². The normalized spacial score (nSPS) is 15.3. The quantitative estimate of drug-likeness (QED) is 0.809. The fourth-order valence-electron chi connectivity index (χ4n) is 2.40. The summed E-state index contributed by atoms with van der Waals surface area (Å²) >= 11 is 0. The molecule has 2 amide bonds. The van der Waals surface area contributed by atoms with Crippen molar-refractivity contribution < 1.29 is 14.0 Å². The van der Waals surface area contributed by atoms with Crippen molar-refractivity contribution in [3.05, 3.63) is 60.2 Å². The molecule has 0 radical (unpaired) electrons. The summed E-state index contributed by atoms with van der Waals surface area (Å²) in [5.41, 5.74) is 1.45. The summed E-state index contributed by atoms with van der Waals surface area (Å²) in [6, 6.07) is 9.17. The van der Waals surface area contributed by atoms with Crippen molar-refractivity contribution in [1.29, 1.82) is 0 Å². The second-order valence-electron chi connectivity index (χ2n) is 5.02. The van der Waals surface area contributed by atoms with Gasteiger partial charge >= 0.3 is 11.8 Å². The maximum Gasteiger partial charge on any atom is 0.316 e. The van der Waals surface area contributed by atoms with E-state index in [1.807, 2.05) is 12.1 Å². The third-order valence-electron chi connectivity index (χ3n) is 3.57. The van der Waals surface area contributed by atoms with Crippen LogP contribution in [0.15, 0.2) is 48.8 Å². The van der Waals surface area contributed by atoms with Crippen LogP contribution >= 0.6 is 0 Å². The molecule has 1 saturated heterocycles. The molecule has 2 heterocycles. The molecule has 3 rings (SSSR count). The van der Waals surface area contributed by atoms with Crippen molar-refractivity contribution in [1.82, 2.24) is 9.88 Å². The fraction of sp³-hybridized carbons (Fsp3) is 0.188. The largest absolute Gasteiger partial charge is 0.328 e.